The molecule has 1 unspecified atom stereocenters. The van der Waals surface area contributed by atoms with Crippen LogP contribution in [0.5, 0.6) is 0 Å². The molecule has 0 saturated heterocycles. The summed E-state index contributed by atoms with van der Waals surface area (Å²) < 4.78 is 10.8. The Labute approximate surface area is 172 Å². The second-order valence-electron chi connectivity index (χ2n) is 6.37. The van der Waals surface area contributed by atoms with Crippen LogP contribution in [0.25, 0.3) is 0 Å². The van der Waals surface area contributed by atoms with Crippen LogP contribution in [0.1, 0.15) is 26.0 Å². The lowest BCUT2D eigenvalue weighted by Crippen LogP contribution is -2.19. The highest BCUT2D eigenvalue weighted by atomic mass is 16.5. The number of hydrogen-bond donors (Lipinski definition) is 4. The van der Waals surface area contributed by atoms with Gasteiger partial charge in [-0.25, -0.2) is 0 Å². The van der Waals surface area contributed by atoms with Crippen molar-refractivity contribution in [3.63, 3.8) is 0 Å². The van der Waals surface area contributed by atoms with Gasteiger partial charge in [-0.3, -0.25) is 4.98 Å². The average Bonchev–Trinajstić information content (AvgIpc) is 2.74. The molecule has 1 atom stereocenters. The Morgan fingerprint density at radius 3 is 2.38 bits per heavy atom. The number of nitrogens with zero attached hydrogens (tertiary/aromatic N) is 4. The number of nitrogens with two attached hydrogens (primary N) is 1. The first-order chi connectivity index (χ1) is 14.2. The third-order valence-corrected chi connectivity index (χ3v) is 3.94. The lowest BCUT2D eigenvalue weighted by molar-refractivity contribution is 0.0547. The number of pyridine rings is 1. The normalized spacial score (nSPS) is 11.8. The largest absolute Gasteiger partial charge is 0.378 e. The van der Waals surface area contributed by atoms with Crippen LogP contribution in [0.3, 0.4) is 0 Å². The van der Waals surface area contributed by atoms with E-state index in [-0.39, 0.29) is 6.04 Å². The predicted molar refractivity (Wildman–Crippen MR) is 114 cm³/mol. The monoisotopic (exact) mass is 404 g/mol. The highest BCUT2D eigenvalue weighted by Crippen LogP contribution is 2.12. The Morgan fingerprint density at radius 2 is 1.69 bits per heavy atom. The molecule has 10 nitrogen and oxygen atoms in total. The zero-order chi connectivity index (χ0) is 20.7. The van der Waals surface area contributed by atoms with Crippen LogP contribution in [0, 0.1) is 0 Å². The van der Waals surface area contributed by atoms with Gasteiger partial charge in [-0.2, -0.15) is 15.0 Å². The molecular formula is C19H32N8O2. The van der Waals surface area contributed by atoms with Gasteiger partial charge in [-0.05, 0) is 25.5 Å². The topological polar surface area (TPSA) is 132 Å². The van der Waals surface area contributed by atoms with E-state index in [4.69, 9.17) is 15.2 Å². The second kappa shape index (κ2) is 13.6. The van der Waals surface area contributed by atoms with Crippen molar-refractivity contribution in [3.05, 3.63) is 30.1 Å². The van der Waals surface area contributed by atoms with Crippen molar-refractivity contribution >= 4 is 17.8 Å². The Bertz CT molecular complexity index is 689. The lowest BCUT2D eigenvalue weighted by atomic mass is 10.3. The first-order valence-electron chi connectivity index (χ1n) is 9.97. The van der Waals surface area contributed by atoms with Crippen molar-refractivity contribution in [1.29, 1.82) is 0 Å². The number of anilines is 3. The third kappa shape index (κ3) is 9.46. The van der Waals surface area contributed by atoms with Gasteiger partial charge < -0.3 is 31.2 Å². The molecule has 2 rings (SSSR count). The molecule has 5 N–H and O–H groups in total. The van der Waals surface area contributed by atoms with Crippen LogP contribution in [0.4, 0.5) is 17.8 Å². The van der Waals surface area contributed by atoms with Gasteiger partial charge in [0.1, 0.15) is 0 Å². The highest BCUT2D eigenvalue weighted by Gasteiger charge is 2.09. The van der Waals surface area contributed by atoms with Crippen LogP contribution in [-0.4, -0.2) is 65.5 Å². The summed E-state index contributed by atoms with van der Waals surface area (Å²) in [4.78, 5) is 17.6. The van der Waals surface area contributed by atoms with E-state index in [9.17, 15) is 0 Å². The van der Waals surface area contributed by atoms with E-state index in [1.54, 1.807) is 6.20 Å². The summed E-state index contributed by atoms with van der Waals surface area (Å²) in [6.07, 6.45) is 2.72. The van der Waals surface area contributed by atoms with E-state index in [2.05, 4.69) is 49.7 Å². The van der Waals surface area contributed by atoms with E-state index < -0.39 is 0 Å². The smallest absolute Gasteiger partial charge is 0.229 e. The van der Waals surface area contributed by atoms with Crippen molar-refractivity contribution in [3.8, 4) is 0 Å². The number of rotatable bonds is 15. The van der Waals surface area contributed by atoms with E-state index in [1.807, 2.05) is 18.2 Å². The lowest BCUT2D eigenvalue weighted by Gasteiger charge is -2.14. The Balaban J connectivity index is 1.88. The van der Waals surface area contributed by atoms with E-state index in [1.165, 1.54) is 0 Å². The fourth-order valence-electron chi connectivity index (χ4n) is 2.23. The predicted octanol–water partition coefficient (Wildman–Crippen LogP) is 1.49. The van der Waals surface area contributed by atoms with Crippen molar-refractivity contribution in [2.75, 3.05) is 55.5 Å². The van der Waals surface area contributed by atoms with E-state index in [0.717, 1.165) is 12.1 Å². The van der Waals surface area contributed by atoms with Crippen molar-refractivity contribution in [2.24, 2.45) is 5.73 Å². The van der Waals surface area contributed by atoms with Gasteiger partial charge >= 0.3 is 0 Å². The minimum absolute atomic E-state index is 0.255. The first kappa shape index (κ1) is 22.7. The summed E-state index contributed by atoms with van der Waals surface area (Å²) in [5.41, 5.74) is 6.27. The molecule has 2 aromatic rings. The molecule has 10 heteroatoms. The number of nitrogens with one attached hydrogen (secondary N) is 3. The fourth-order valence-corrected chi connectivity index (χ4v) is 2.23. The zero-order valence-electron chi connectivity index (χ0n) is 17.2. The molecule has 0 saturated carbocycles. The number of aromatic nitrogens is 4. The van der Waals surface area contributed by atoms with Gasteiger partial charge in [0.15, 0.2) is 0 Å². The third-order valence-electron chi connectivity index (χ3n) is 3.94. The van der Waals surface area contributed by atoms with Gasteiger partial charge in [-0.1, -0.05) is 13.0 Å². The Kier molecular flexibility index (Phi) is 10.6. The molecule has 0 aliphatic rings. The maximum absolute atomic E-state index is 5.51. The van der Waals surface area contributed by atoms with E-state index in [0.29, 0.717) is 63.9 Å². The van der Waals surface area contributed by atoms with Crippen molar-refractivity contribution in [1.82, 2.24) is 19.9 Å². The van der Waals surface area contributed by atoms with Crippen LogP contribution in [-0.2, 0) is 16.0 Å². The Morgan fingerprint density at radius 1 is 0.966 bits per heavy atom. The number of ether oxygens (including phenoxy) is 2. The Hall–Kier alpha value is -2.56. The summed E-state index contributed by atoms with van der Waals surface area (Å²) in [7, 11) is 0. The summed E-state index contributed by atoms with van der Waals surface area (Å²) in [6.45, 7) is 7.93. The van der Waals surface area contributed by atoms with Crippen LogP contribution >= 0.6 is 0 Å². The minimum atomic E-state index is 0.255. The molecular weight excluding hydrogens is 372 g/mol. The molecule has 160 valence electrons. The van der Waals surface area contributed by atoms with Crippen molar-refractivity contribution in [2.45, 2.75) is 32.9 Å². The van der Waals surface area contributed by atoms with Gasteiger partial charge in [0.2, 0.25) is 17.8 Å². The summed E-state index contributed by atoms with van der Waals surface area (Å²) in [5.74, 6) is 1.49. The SMILES string of the molecule is CCC(C)Nc1nc(NCCOCCOCCN)nc(NCc2ccccn2)n1. The number of hydrogen-bond acceptors (Lipinski definition) is 10. The molecule has 2 heterocycles. The average molecular weight is 405 g/mol. The molecule has 2 aromatic heterocycles. The molecule has 0 spiro atoms. The van der Waals surface area contributed by atoms with Gasteiger partial charge in [0.05, 0.1) is 38.7 Å². The molecule has 0 aliphatic carbocycles. The van der Waals surface area contributed by atoms with Crippen LogP contribution in [0.15, 0.2) is 24.4 Å². The van der Waals surface area contributed by atoms with Crippen LogP contribution < -0.4 is 21.7 Å². The highest BCUT2D eigenvalue weighted by molar-refractivity contribution is 5.42. The molecule has 0 amide bonds. The fraction of sp³-hybridized carbons (Fsp3) is 0.579. The second-order valence-corrected chi connectivity index (χ2v) is 6.37. The van der Waals surface area contributed by atoms with Crippen molar-refractivity contribution < 1.29 is 9.47 Å². The van der Waals surface area contributed by atoms with Crippen LogP contribution in [0.2, 0.25) is 0 Å². The quantitative estimate of drug-likeness (QED) is 0.324. The molecule has 0 aliphatic heterocycles. The summed E-state index contributed by atoms with van der Waals surface area (Å²) in [6, 6.07) is 6.03. The van der Waals surface area contributed by atoms with Gasteiger partial charge in [-0.15, -0.1) is 0 Å². The zero-order valence-corrected chi connectivity index (χ0v) is 17.2. The summed E-state index contributed by atoms with van der Waals surface area (Å²) in [5, 5.41) is 9.66. The molecule has 0 aromatic carbocycles. The molecule has 0 fully saturated rings. The summed E-state index contributed by atoms with van der Waals surface area (Å²) >= 11 is 0. The minimum Gasteiger partial charge on any atom is -0.378 e. The molecule has 29 heavy (non-hydrogen) atoms. The van der Waals surface area contributed by atoms with Gasteiger partial charge in [0.25, 0.3) is 0 Å². The maximum Gasteiger partial charge on any atom is 0.229 e. The van der Waals surface area contributed by atoms with E-state index >= 15 is 0 Å². The molecule has 0 bridgehead atoms. The maximum atomic E-state index is 5.51. The standard InChI is InChI=1S/C19H32N8O2/c1-3-15(2)24-19-26-17(22-9-11-29-13-12-28-10-7-20)25-18(27-19)23-14-16-6-4-5-8-21-16/h4-6,8,15H,3,7,9-14,20H2,1-2H3,(H3,22,23,24,25,26,27). The van der Waals surface area contributed by atoms with Gasteiger partial charge in [0, 0.05) is 25.3 Å². The first-order valence-corrected chi connectivity index (χ1v) is 9.97. The molecule has 0 radical (unpaired) electrons.